The molecule has 144 valence electrons. The Balaban J connectivity index is 1.66. The second-order valence-corrected chi connectivity index (χ2v) is 6.96. The van der Waals surface area contributed by atoms with E-state index >= 15 is 0 Å². The third-order valence-corrected chi connectivity index (χ3v) is 4.47. The lowest BCUT2D eigenvalue weighted by Gasteiger charge is -2.15. The summed E-state index contributed by atoms with van der Waals surface area (Å²) in [5, 5.41) is 16.2. The normalized spacial score (nSPS) is 12.4. The van der Waals surface area contributed by atoms with E-state index in [0.29, 0.717) is 34.6 Å². The first-order chi connectivity index (χ1) is 13.4. The van der Waals surface area contributed by atoms with Crippen molar-refractivity contribution >= 4 is 17.0 Å². The van der Waals surface area contributed by atoms with Crippen LogP contribution in [0.3, 0.4) is 0 Å². The fourth-order valence-electron chi connectivity index (χ4n) is 3.17. The highest BCUT2D eigenvalue weighted by Gasteiger charge is 2.21. The molecular weight excluding hydrogens is 358 g/mol. The van der Waals surface area contributed by atoms with Crippen molar-refractivity contribution in [1.29, 1.82) is 0 Å². The molecule has 1 unspecified atom stereocenters. The van der Waals surface area contributed by atoms with Crippen LogP contribution in [0, 0.1) is 13.8 Å². The number of carbonyl (C=O) groups excluding carboxylic acids is 1. The Hall–Kier alpha value is -3.49. The molecule has 4 aromatic heterocycles. The molecule has 1 atom stereocenters. The molecule has 0 bridgehead atoms. The van der Waals surface area contributed by atoms with Gasteiger partial charge in [0.15, 0.2) is 0 Å². The topological polar surface area (TPSA) is 104 Å². The number of hydrogen-bond donors (Lipinski definition) is 1. The van der Waals surface area contributed by atoms with Crippen LogP contribution in [0.1, 0.15) is 28.7 Å². The standard InChI is InChI=1S/C19H21N7O2/c1-11-5-6-26(23-11)9-12(2)21-18(27)15-7-16(14-8-20-25(4)10-14)22-19-17(15)13(3)24-28-19/h5-8,10,12H,9H2,1-4H3,(H,21,27). The summed E-state index contributed by atoms with van der Waals surface area (Å²) in [6.45, 7) is 6.24. The Morgan fingerprint density at radius 2 is 2.18 bits per heavy atom. The fourth-order valence-corrected chi connectivity index (χ4v) is 3.17. The van der Waals surface area contributed by atoms with E-state index in [0.717, 1.165) is 11.3 Å². The molecule has 4 rings (SSSR count). The molecule has 9 nitrogen and oxygen atoms in total. The second kappa shape index (κ2) is 6.91. The lowest BCUT2D eigenvalue weighted by Crippen LogP contribution is -2.36. The summed E-state index contributed by atoms with van der Waals surface area (Å²) in [5.74, 6) is -0.208. The molecule has 1 N–H and O–H groups in total. The molecule has 0 spiro atoms. The number of carbonyl (C=O) groups is 1. The molecule has 0 aliphatic rings. The van der Waals surface area contributed by atoms with Crippen LogP contribution in [0.25, 0.3) is 22.4 Å². The van der Waals surface area contributed by atoms with Gasteiger partial charge in [0.1, 0.15) is 0 Å². The van der Waals surface area contributed by atoms with Gasteiger partial charge in [0.05, 0.1) is 40.8 Å². The van der Waals surface area contributed by atoms with Crippen molar-refractivity contribution in [2.24, 2.45) is 7.05 Å². The van der Waals surface area contributed by atoms with Crippen LogP contribution < -0.4 is 5.32 Å². The van der Waals surface area contributed by atoms with Crippen LogP contribution >= 0.6 is 0 Å². The van der Waals surface area contributed by atoms with E-state index in [2.05, 4.69) is 25.7 Å². The maximum absolute atomic E-state index is 13.0. The highest BCUT2D eigenvalue weighted by molar-refractivity contribution is 6.07. The highest BCUT2D eigenvalue weighted by atomic mass is 16.5. The van der Waals surface area contributed by atoms with Gasteiger partial charge in [0.25, 0.3) is 11.6 Å². The zero-order valence-corrected chi connectivity index (χ0v) is 16.2. The maximum Gasteiger partial charge on any atom is 0.259 e. The predicted molar refractivity (Wildman–Crippen MR) is 103 cm³/mol. The third-order valence-electron chi connectivity index (χ3n) is 4.47. The van der Waals surface area contributed by atoms with Gasteiger partial charge in [-0.2, -0.15) is 10.2 Å². The summed E-state index contributed by atoms with van der Waals surface area (Å²) in [4.78, 5) is 17.5. The monoisotopic (exact) mass is 379 g/mol. The summed E-state index contributed by atoms with van der Waals surface area (Å²) in [6, 6.07) is 3.57. The SMILES string of the molecule is Cc1ccn(CC(C)NC(=O)c2cc(-c3cnn(C)c3)nc3onc(C)c23)n1. The Kier molecular flexibility index (Phi) is 4.42. The average molecular weight is 379 g/mol. The van der Waals surface area contributed by atoms with Crippen molar-refractivity contribution in [1.82, 2.24) is 35.0 Å². The molecule has 0 saturated carbocycles. The molecule has 28 heavy (non-hydrogen) atoms. The largest absolute Gasteiger partial charge is 0.348 e. The molecule has 1 amide bonds. The van der Waals surface area contributed by atoms with E-state index in [1.54, 1.807) is 23.9 Å². The van der Waals surface area contributed by atoms with Crippen LogP contribution in [-0.4, -0.2) is 41.7 Å². The van der Waals surface area contributed by atoms with Crippen molar-refractivity contribution in [3.8, 4) is 11.3 Å². The number of aromatic nitrogens is 6. The molecule has 4 heterocycles. The Labute approximate surface area is 161 Å². The molecule has 0 radical (unpaired) electrons. The summed E-state index contributed by atoms with van der Waals surface area (Å²) in [5.41, 5.74) is 3.78. The molecule has 0 saturated heterocycles. The first-order valence-corrected chi connectivity index (χ1v) is 8.97. The Bertz CT molecular complexity index is 1150. The number of nitrogens with one attached hydrogen (secondary N) is 1. The van der Waals surface area contributed by atoms with E-state index in [4.69, 9.17) is 4.52 Å². The minimum absolute atomic E-state index is 0.114. The summed E-state index contributed by atoms with van der Waals surface area (Å²) in [6.07, 6.45) is 5.43. The van der Waals surface area contributed by atoms with Gasteiger partial charge in [-0.05, 0) is 32.9 Å². The third kappa shape index (κ3) is 3.38. The van der Waals surface area contributed by atoms with Gasteiger partial charge in [-0.1, -0.05) is 5.16 Å². The van der Waals surface area contributed by atoms with E-state index < -0.39 is 0 Å². The van der Waals surface area contributed by atoms with Gasteiger partial charge < -0.3 is 9.84 Å². The van der Waals surface area contributed by atoms with Crippen LogP contribution in [-0.2, 0) is 13.6 Å². The van der Waals surface area contributed by atoms with Crippen molar-refractivity contribution in [3.05, 3.63) is 47.7 Å². The summed E-state index contributed by atoms with van der Waals surface area (Å²) >= 11 is 0. The first kappa shape index (κ1) is 17.9. The Morgan fingerprint density at radius 1 is 1.36 bits per heavy atom. The van der Waals surface area contributed by atoms with E-state index in [1.807, 2.05) is 44.0 Å². The molecular formula is C19H21N7O2. The zero-order valence-electron chi connectivity index (χ0n) is 16.2. The van der Waals surface area contributed by atoms with Crippen LogP contribution in [0.5, 0.6) is 0 Å². The molecule has 9 heteroatoms. The lowest BCUT2D eigenvalue weighted by molar-refractivity contribution is 0.0937. The number of hydrogen-bond acceptors (Lipinski definition) is 6. The van der Waals surface area contributed by atoms with E-state index in [1.165, 1.54) is 0 Å². The van der Waals surface area contributed by atoms with E-state index in [-0.39, 0.29) is 11.9 Å². The van der Waals surface area contributed by atoms with E-state index in [9.17, 15) is 4.79 Å². The van der Waals surface area contributed by atoms with Crippen LogP contribution in [0.4, 0.5) is 0 Å². The molecule has 0 aliphatic heterocycles. The zero-order chi connectivity index (χ0) is 19.8. The fraction of sp³-hybridized carbons (Fsp3) is 0.316. The number of pyridine rings is 1. The molecule has 0 aliphatic carbocycles. The predicted octanol–water partition coefficient (Wildman–Crippen LogP) is 2.26. The number of aryl methyl sites for hydroxylation is 3. The molecule has 0 fully saturated rings. The minimum Gasteiger partial charge on any atom is -0.348 e. The molecule has 0 aromatic carbocycles. The van der Waals surface area contributed by atoms with Crippen molar-refractivity contribution in [2.45, 2.75) is 33.4 Å². The van der Waals surface area contributed by atoms with Gasteiger partial charge in [-0.25, -0.2) is 4.98 Å². The second-order valence-electron chi connectivity index (χ2n) is 6.96. The van der Waals surface area contributed by atoms with Crippen molar-refractivity contribution < 1.29 is 9.32 Å². The quantitative estimate of drug-likeness (QED) is 0.570. The number of amides is 1. The van der Waals surface area contributed by atoms with Gasteiger partial charge >= 0.3 is 0 Å². The first-order valence-electron chi connectivity index (χ1n) is 8.97. The number of nitrogens with zero attached hydrogens (tertiary/aromatic N) is 6. The molecule has 4 aromatic rings. The van der Waals surface area contributed by atoms with Gasteiger partial charge in [-0.15, -0.1) is 0 Å². The van der Waals surface area contributed by atoms with Gasteiger partial charge in [-0.3, -0.25) is 14.2 Å². The van der Waals surface area contributed by atoms with Gasteiger partial charge in [0, 0.05) is 31.0 Å². The van der Waals surface area contributed by atoms with Gasteiger partial charge in [0.2, 0.25) is 0 Å². The Morgan fingerprint density at radius 3 is 2.86 bits per heavy atom. The highest BCUT2D eigenvalue weighted by Crippen LogP contribution is 2.26. The number of fused-ring (bicyclic) bond motifs is 1. The maximum atomic E-state index is 13.0. The number of rotatable bonds is 5. The van der Waals surface area contributed by atoms with Crippen molar-refractivity contribution in [2.75, 3.05) is 0 Å². The smallest absolute Gasteiger partial charge is 0.259 e. The summed E-state index contributed by atoms with van der Waals surface area (Å²) < 4.78 is 8.82. The van der Waals surface area contributed by atoms with Crippen LogP contribution in [0.15, 0.2) is 35.2 Å². The van der Waals surface area contributed by atoms with Crippen LogP contribution in [0.2, 0.25) is 0 Å². The lowest BCUT2D eigenvalue weighted by atomic mass is 10.1. The summed E-state index contributed by atoms with van der Waals surface area (Å²) in [7, 11) is 1.83. The van der Waals surface area contributed by atoms with Crippen molar-refractivity contribution in [3.63, 3.8) is 0 Å². The average Bonchev–Trinajstić information content (AvgIpc) is 3.35. The minimum atomic E-state index is -0.208.